The Morgan fingerprint density at radius 1 is 1.32 bits per heavy atom. The maximum absolute atomic E-state index is 11.9. The van der Waals surface area contributed by atoms with Gasteiger partial charge in [0.15, 0.2) is 0 Å². The van der Waals surface area contributed by atoms with Crippen molar-refractivity contribution in [1.29, 1.82) is 0 Å². The molecule has 0 radical (unpaired) electrons. The van der Waals surface area contributed by atoms with Crippen molar-refractivity contribution in [3.8, 4) is 11.3 Å². The fourth-order valence-corrected chi connectivity index (χ4v) is 1.51. The van der Waals surface area contributed by atoms with Gasteiger partial charge >= 0.3 is 6.09 Å². The number of anilines is 1. The predicted octanol–water partition coefficient (Wildman–Crippen LogP) is 2.31. The van der Waals surface area contributed by atoms with Crippen LogP contribution in [0.15, 0.2) is 30.6 Å². The second-order valence-corrected chi connectivity index (χ2v) is 5.08. The molecular formula is C13H16N4O2. The van der Waals surface area contributed by atoms with E-state index in [9.17, 15) is 4.79 Å². The summed E-state index contributed by atoms with van der Waals surface area (Å²) in [5.74, 6) is 0.237. The first-order valence-corrected chi connectivity index (χ1v) is 5.86. The van der Waals surface area contributed by atoms with Crippen molar-refractivity contribution in [2.75, 3.05) is 5.73 Å². The van der Waals surface area contributed by atoms with Gasteiger partial charge in [0.2, 0.25) is 0 Å². The van der Waals surface area contributed by atoms with E-state index in [2.05, 4.69) is 10.1 Å². The molecule has 0 unspecified atom stereocenters. The Bertz CT molecular complexity index is 584. The zero-order valence-electron chi connectivity index (χ0n) is 11.1. The maximum Gasteiger partial charge on any atom is 0.437 e. The molecule has 19 heavy (non-hydrogen) atoms. The summed E-state index contributed by atoms with van der Waals surface area (Å²) < 4.78 is 6.28. The normalized spacial score (nSPS) is 11.3. The van der Waals surface area contributed by atoms with Crippen molar-refractivity contribution >= 4 is 11.9 Å². The van der Waals surface area contributed by atoms with Gasteiger partial charge in [-0.15, -0.1) is 4.68 Å². The molecule has 0 fully saturated rings. The molecule has 2 rings (SSSR count). The third-order valence-electron chi connectivity index (χ3n) is 2.28. The number of rotatable bonds is 1. The average molecular weight is 260 g/mol. The minimum atomic E-state index is -0.592. The molecule has 0 aromatic carbocycles. The molecular weight excluding hydrogens is 244 g/mol. The lowest BCUT2D eigenvalue weighted by atomic mass is 10.2. The van der Waals surface area contributed by atoms with Crippen LogP contribution in [-0.2, 0) is 4.74 Å². The van der Waals surface area contributed by atoms with Gasteiger partial charge in [0.05, 0.1) is 5.69 Å². The SMILES string of the molecule is CC(C)(C)OC(=O)n1nc(-c2ccncc2)cc1N. The van der Waals surface area contributed by atoms with Crippen molar-refractivity contribution in [1.82, 2.24) is 14.8 Å². The summed E-state index contributed by atoms with van der Waals surface area (Å²) in [7, 11) is 0. The van der Waals surface area contributed by atoms with E-state index in [-0.39, 0.29) is 5.82 Å². The molecule has 0 atom stereocenters. The molecule has 2 aromatic heterocycles. The predicted molar refractivity (Wildman–Crippen MR) is 71.5 cm³/mol. The van der Waals surface area contributed by atoms with Gasteiger partial charge in [-0.05, 0) is 32.9 Å². The molecule has 2 aromatic rings. The average Bonchev–Trinajstić information content (AvgIpc) is 2.70. The van der Waals surface area contributed by atoms with Gasteiger partial charge in [0.25, 0.3) is 0 Å². The summed E-state index contributed by atoms with van der Waals surface area (Å²) in [5.41, 5.74) is 6.63. The second-order valence-electron chi connectivity index (χ2n) is 5.08. The third kappa shape index (κ3) is 3.09. The number of aromatic nitrogens is 3. The molecule has 0 bridgehead atoms. The number of carbonyl (C=O) groups is 1. The van der Waals surface area contributed by atoms with Crippen molar-refractivity contribution < 1.29 is 9.53 Å². The Hall–Kier alpha value is -2.37. The van der Waals surface area contributed by atoms with Crippen molar-refractivity contribution in [2.45, 2.75) is 26.4 Å². The molecule has 6 nitrogen and oxygen atoms in total. The number of nitrogens with zero attached hydrogens (tertiary/aromatic N) is 3. The highest BCUT2D eigenvalue weighted by molar-refractivity contribution is 5.76. The fraction of sp³-hybridized carbons (Fsp3) is 0.308. The van der Waals surface area contributed by atoms with E-state index < -0.39 is 11.7 Å². The van der Waals surface area contributed by atoms with Crippen molar-refractivity contribution in [2.24, 2.45) is 0 Å². The van der Waals surface area contributed by atoms with E-state index in [1.807, 2.05) is 0 Å². The number of hydrogen-bond donors (Lipinski definition) is 1. The number of nitrogen functional groups attached to an aromatic ring is 1. The quantitative estimate of drug-likeness (QED) is 0.850. The highest BCUT2D eigenvalue weighted by Gasteiger charge is 2.21. The van der Waals surface area contributed by atoms with Crippen molar-refractivity contribution in [3.63, 3.8) is 0 Å². The van der Waals surface area contributed by atoms with Crippen LogP contribution in [0.1, 0.15) is 20.8 Å². The van der Waals surface area contributed by atoms with Gasteiger partial charge in [-0.1, -0.05) is 0 Å². The fourth-order valence-electron chi connectivity index (χ4n) is 1.51. The van der Waals surface area contributed by atoms with Crippen LogP contribution in [-0.4, -0.2) is 26.5 Å². The Kier molecular flexibility index (Phi) is 3.25. The highest BCUT2D eigenvalue weighted by Crippen LogP contribution is 2.20. The van der Waals surface area contributed by atoms with Crippen LogP contribution >= 0.6 is 0 Å². The Labute approximate surface area is 111 Å². The van der Waals surface area contributed by atoms with Crippen LogP contribution in [0.4, 0.5) is 10.6 Å². The molecule has 0 aliphatic rings. The summed E-state index contributed by atoms with van der Waals surface area (Å²) in [6.07, 6.45) is 2.71. The molecule has 0 saturated heterocycles. The van der Waals surface area contributed by atoms with E-state index in [0.29, 0.717) is 5.69 Å². The second kappa shape index (κ2) is 4.72. The van der Waals surface area contributed by atoms with Crippen molar-refractivity contribution in [3.05, 3.63) is 30.6 Å². The maximum atomic E-state index is 11.9. The molecule has 0 aliphatic heterocycles. The minimum Gasteiger partial charge on any atom is -0.442 e. The van der Waals surface area contributed by atoms with Crippen LogP contribution in [0, 0.1) is 0 Å². The molecule has 2 N–H and O–H groups in total. The van der Waals surface area contributed by atoms with Gasteiger partial charge in [0.1, 0.15) is 11.4 Å². The van der Waals surface area contributed by atoms with Gasteiger partial charge in [-0.3, -0.25) is 4.98 Å². The monoisotopic (exact) mass is 260 g/mol. The van der Waals surface area contributed by atoms with Crippen LogP contribution in [0.3, 0.4) is 0 Å². The van der Waals surface area contributed by atoms with E-state index in [1.54, 1.807) is 51.4 Å². The van der Waals surface area contributed by atoms with E-state index >= 15 is 0 Å². The first kappa shape index (κ1) is 13.1. The summed E-state index contributed by atoms with van der Waals surface area (Å²) in [6, 6.07) is 5.21. The summed E-state index contributed by atoms with van der Waals surface area (Å²) in [4.78, 5) is 15.8. The zero-order chi connectivity index (χ0) is 14.0. The lowest BCUT2D eigenvalue weighted by Crippen LogP contribution is -2.28. The first-order chi connectivity index (χ1) is 8.87. The Morgan fingerprint density at radius 2 is 1.95 bits per heavy atom. The number of nitrogens with two attached hydrogens (primary N) is 1. The zero-order valence-corrected chi connectivity index (χ0v) is 11.1. The minimum absolute atomic E-state index is 0.237. The molecule has 0 amide bonds. The van der Waals surface area contributed by atoms with Crippen LogP contribution in [0.2, 0.25) is 0 Å². The molecule has 100 valence electrons. The summed E-state index contributed by atoms with van der Waals surface area (Å²) in [6.45, 7) is 5.36. The Balaban J connectivity index is 2.30. The van der Waals surface area contributed by atoms with Crippen LogP contribution < -0.4 is 5.73 Å². The van der Waals surface area contributed by atoms with Gasteiger partial charge in [-0.25, -0.2) is 4.79 Å². The number of hydrogen-bond acceptors (Lipinski definition) is 5. The van der Waals surface area contributed by atoms with Crippen LogP contribution in [0.25, 0.3) is 11.3 Å². The van der Waals surface area contributed by atoms with Crippen LogP contribution in [0.5, 0.6) is 0 Å². The lowest BCUT2D eigenvalue weighted by Gasteiger charge is -2.19. The molecule has 6 heteroatoms. The molecule has 0 spiro atoms. The number of pyridine rings is 1. The first-order valence-electron chi connectivity index (χ1n) is 5.86. The number of ether oxygens (including phenoxy) is 1. The third-order valence-corrected chi connectivity index (χ3v) is 2.28. The van der Waals surface area contributed by atoms with Gasteiger partial charge in [0, 0.05) is 24.0 Å². The smallest absolute Gasteiger partial charge is 0.437 e. The standard InChI is InChI=1S/C13H16N4O2/c1-13(2,3)19-12(18)17-11(14)8-10(16-17)9-4-6-15-7-5-9/h4-8H,14H2,1-3H3. The van der Waals surface area contributed by atoms with Gasteiger partial charge in [-0.2, -0.15) is 5.10 Å². The summed E-state index contributed by atoms with van der Waals surface area (Å²) >= 11 is 0. The largest absolute Gasteiger partial charge is 0.442 e. The summed E-state index contributed by atoms with van der Waals surface area (Å²) in [5, 5.41) is 4.15. The van der Waals surface area contributed by atoms with E-state index in [4.69, 9.17) is 10.5 Å². The molecule has 0 saturated carbocycles. The topological polar surface area (TPSA) is 83.0 Å². The highest BCUT2D eigenvalue weighted by atomic mass is 16.6. The Morgan fingerprint density at radius 3 is 2.53 bits per heavy atom. The lowest BCUT2D eigenvalue weighted by molar-refractivity contribution is 0.0519. The van der Waals surface area contributed by atoms with E-state index in [1.165, 1.54) is 0 Å². The van der Waals surface area contributed by atoms with E-state index in [0.717, 1.165) is 10.2 Å². The van der Waals surface area contributed by atoms with Gasteiger partial charge < -0.3 is 10.5 Å². The molecule has 2 heterocycles. The number of carbonyl (C=O) groups excluding carboxylic acids is 1. The molecule has 0 aliphatic carbocycles.